The summed E-state index contributed by atoms with van der Waals surface area (Å²) < 4.78 is 43.6. The second kappa shape index (κ2) is 8.01. The van der Waals surface area contributed by atoms with Crippen molar-refractivity contribution in [2.45, 2.75) is 6.18 Å². The molecule has 0 saturated heterocycles. The molecule has 0 saturated carbocycles. The van der Waals surface area contributed by atoms with Crippen LogP contribution in [0, 0.1) is 0 Å². The van der Waals surface area contributed by atoms with Crippen molar-refractivity contribution >= 4 is 35.5 Å². The zero-order valence-corrected chi connectivity index (χ0v) is 13.7. The van der Waals surface area contributed by atoms with Gasteiger partial charge in [0, 0.05) is 5.56 Å². The van der Waals surface area contributed by atoms with Crippen molar-refractivity contribution in [3.8, 4) is 0 Å². The smallest absolute Gasteiger partial charge is 0.418 e. The summed E-state index contributed by atoms with van der Waals surface area (Å²) in [6.07, 6.45) is -4.13. The maximum atomic E-state index is 13.0. The Morgan fingerprint density at radius 1 is 1.12 bits per heavy atom. The molecule has 0 fully saturated rings. The molecule has 0 aliphatic carbocycles. The van der Waals surface area contributed by atoms with Gasteiger partial charge in [-0.3, -0.25) is 9.59 Å². The molecule has 136 valence electrons. The fraction of sp³-hybridized carbons (Fsp3) is 0.118. The van der Waals surface area contributed by atoms with Crippen molar-refractivity contribution in [2.75, 3.05) is 11.9 Å². The minimum absolute atomic E-state index is 0.0807. The molecule has 0 spiro atoms. The molecule has 26 heavy (non-hydrogen) atoms. The number of amides is 1. The number of rotatable bonds is 5. The van der Waals surface area contributed by atoms with Crippen molar-refractivity contribution in [3.63, 3.8) is 0 Å². The lowest BCUT2D eigenvalue weighted by Gasteiger charge is -2.15. The van der Waals surface area contributed by atoms with Gasteiger partial charge >= 0.3 is 12.1 Å². The van der Waals surface area contributed by atoms with Gasteiger partial charge in [-0.1, -0.05) is 29.8 Å². The highest BCUT2D eigenvalue weighted by Crippen LogP contribution is 2.38. The molecule has 5 nitrogen and oxygen atoms in total. The number of nitrogens with one attached hydrogen (secondary N) is 1. The van der Waals surface area contributed by atoms with E-state index in [2.05, 4.69) is 0 Å². The van der Waals surface area contributed by atoms with E-state index in [1.165, 1.54) is 30.3 Å². The van der Waals surface area contributed by atoms with Gasteiger partial charge in [0.1, 0.15) is 6.29 Å². The quantitative estimate of drug-likeness (QED) is 0.624. The topological polar surface area (TPSA) is 72.5 Å². The van der Waals surface area contributed by atoms with Crippen LogP contribution in [-0.4, -0.2) is 24.8 Å². The molecule has 0 aliphatic rings. The van der Waals surface area contributed by atoms with Gasteiger partial charge in [-0.15, -0.1) is 0 Å². The Hall–Kier alpha value is -2.87. The van der Waals surface area contributed by atoms with Gasteiger partial charge in [0.05, 0.1) is 21.8 Å². The molecule has 2 aromatic rings. The second-order valence-corrected chi connectivity index (χ2v) is 5.43. The number of anilines is 1. The number of ether oxygens (including phenoxy) is 1. The molecule has 1 amide bonds. The number of benzene rings is 2. The summed E-state index contributed by atoms with van der Waals surface area (Å²) in [5.41, 5.74) is -1.30. The third kappa shape index (κ3) is 4.82. The predicted molar refractivity (Wildman–Crippen MR) is 87.2 cm³/mol. The van der Waals surface area contributed by atoms with Crippen molar-refractivity contribution in [1.29, 1.82) is 0 Å². The molecule has 0 aromatic heterocycles. The van der Waals surface area contributed by atoms with Gasteiger partial charge in [-0.25, -0.2) is 4.79 Å². The summed E-state index contributed by atoms with van der Waals surface area (Å²) in [6, 6.07) is 8.45. The van der Waals surface area contributed by atoms with E-state index in [0.29, 0.717) is 11.8 Å². The molecule has 1 N–H and O–H groups in total. The third-order valence-electron chi connectivity index (χ3n) is 3.20. The Morgan fingerprint density at radius 3 is 2.35 bits per heavy atom. The Labute approximate surface area is 150 Å². The van der Waals surface area contributed by atoms with Gasteiger partial charge < -0.3 is 10.1 Å². The third-order valence-corrected chi connectivity index (χ3v) is 3.52. The van der Waals surface area contributed by atoms with E-state index in [4.69, 9.17) is 16.3 Å². The van der Waals surface area contributed by atoms with Crippen LogP contribution < -0.4 is 5.32 Å². The van der Waals surface area contributed by atoms with Crippen LogP contribution in [0.3, 0.4) is 0 Å². The predicted octanol–water partition coefficient (Wildman–Crippen LogP) is 3.97. The van der Waals surface area contributed by atoms with Crippen LogP contribution in [0.15, 0.2) is 42.5 Å². The van der Waals surface area contributed by atoms with E-state index in [1.54, 1.807) is 0 Å². The number of alkyl halides is 3. The number of esters is 1. The largest absolute Gasteiger partial charge is 0.452 e. The lowest BCUT2D eigenvalue weighted by Crippen LogP contribution is -2.23. The second-order valence-electron chi connectivity index (χ2n) is 5.02. The average molecular weight is 386 g/mol. The highest BCUT2D eigenvalue weighted by molar-refractivity contribution is 6.34. The molecular formula is C17H11ClF3NO4. The molecule has 0 bridgehead atoms. The van der Waals surface area contributed by atoms with Crippen LogP contribution in [0.5, 0.6) is 0 Å². The molecule has 2 aromatic carbocycles. The van der Waals surface area contributed by atoms with E-state index in [0.717, 1.165) is 12.1 Å². The SMILES string of the molecule is O=Cc1ccc(C(=O)OCC(=O)Nc2c(Cl)cccc2C(F)(F)F)cc1. The molecule has 2 rings (SSSR count). The maximum absolute atomic E-state index is 13.0. The van der Waals surface area contributed by atoms with Crippen LogP contribution in [0.1, 0.15) is 26.3 Å². The minimum atomic E-state index is -4.72. The van der Waals surface area contributed by atoms with Crippen LogP contribution in [0.4, 0.5) is 18.9 Å². The van der Waals surface area contributed by atoms with Crippen LogP contribution in [-0.2, 0) is 15.7 Å². The van der Waals surface area contributed by atoms with E-state index < -0.39 is 35.9 Å². The summed E-state index contributed by atoms with van der Waals surface area (Å²) >= 11 is 5.72. The lowest BCUT2D eigenvalue weighted by atomic mass is 10.1. The van der Waals surface area contributed by atoms with E-state index in [9.17, 15) is 27.6 Å². The number of aldehydes is 1. The Morgan fingerprint density at radius 2 is 1.77 bits per heavy atom. The standard InChI is InChI=1S/C17H11ClF3NO4/c18-13-3-1-2-12(17(19,20)21)15(13)22-14(24)9-26-16(25)11-6-4-10(8-23)5-7-11/h1-8H,9H2,(H,22,24). The van der Waals surface area contributed by atoms with E-state index in [-0.39, 0.29) is 10.6 Å². The molecule has 0 atom stereocenters. The van der Waals surface area contributed by atoms with Gasteiger partial charge in [0.25, 0.3) is 5.91 Å². The summed E-state index contributed by atoms with van der Waals surface area (Å²) in [4.78, 5) is 34.2. The number of carbonyl (C=O) groups excluding carboxylic acids is 3. The average Bonchev–Trinajstić information content (AvgIpc) is 2.60. The van der Waals surface area contributed by atoms with Crippen molar-refractivity contribution in [2.24, 2.45) is 0 Å². The van der Waals surface area contributed by atoms with Crippen LogP contribution >= 0.6 is 11.6 Å². The summed E-state index contributed by atoms with van der Waals surface area (Å²) in [5, 5.41) is 1.69. The molecule has 9 heteroatoms. The number of hydrogen-bond acceptors (Lipinski definition) is 4. The number of carbonyl (C=O) groups is 3. The Balaban J connectivity index is 2.03. The van der Waals surface area contributed by atoms with Crippen molar-refractivity contribution < 1.29 is 32.3 Å². The maximum Gasteiger partial charge on any atom is 0.418 e. The van der Waals surface area contributed by atoms with Gasteiger partial charge in [0.2, 0.25) is 0 Å². The van der Waals surface area contributed by atoms with E-state index in [1.807, 2.05) is 5.32 Å². The fourth-order valence-electron chi connectivity index (χ4n) is 1.98. The fourth-order valence-corrected chi connectivity index (χ4v) is 2.20. The van der Waals surface area contributed by atoms with Crippen molar-refractivity contribution in [3.05, 3.63) is 64.2 Å². The zero-order valence-electron chi connectivity index (χ0n) is 13.0. The molecule has 0 aliphatic heterocycles. The first-order chi connectivity index (χ1) is 12.2. The van der Waals surface area contributed by atoms with E-state index >= 15 is 0 Å². The van der Waals surface area contributed by atoms with Crippen molar-refractivity contribution in [1.82, 2.24) is 0 Å². The number of hydrogen-bond donors (Lipinski definition) is 1. The highest BCUT2D eigenvalue weighted by Gasteiger charge is 2.34. The Bertz CT molecular complexity index is 835. The summed E-state index contributed by atoms with van der Waals surface area (Å²) in [6.45, 7) is -0.809. The molecule has 0 radical (unpaired) electrons. The first-order valence-electron chi connectivity index (χ1n) is 7.10. The Kier molecular flexibility index (Phi) is 5.99. The minimum Gasteiger partial charge on any atom is -0.452 e. The lowest BCUT2D eigenvalue weighted by molar-refractivity contribution is -0.137. The highest BCUT2D eigenvalue weighted by atomic mass is 35.5. The molecular weight excluding hydrogens is 375 g/mol. The normalized spacial score (nSPS) is 10.9. The monoisotopic (exact) mass is 385 g/mol. The summed E-state index contributed by atoms with van der Waals surface area (Å²) in [7, 11) is 0. The van der Waals surface area contributed by atoms with Gasteiger partial charge in [-0.05, 0) is 24.3 Å². The first kappa shape index (κ1) is 19.5. The zero-order chi connectivity index (χ0) is 19.3. The number of halogens is 4. The van der Waals surface area contributed by atoms with Gasteiger partial charge in [0.15, 0.2) is 6.61 Å². The molecule has 0 unspecified atom stereocenters. The van der Waals surface area contributed by atoms with Crippen LogP contribution in [0.2, 0.25) is 5.02 Å². The number of para-hydroxylation sites is 1. The van der Waals surface area contributed by atoms with Gasteiger partial charge in [-0.2, -0.15) is 13.2 Å². The first-order valence-corrected chi connectivity index (χ1v) is 7.48. The summed E-state index contributed by atoms with van der Waals surface area (Å²) in [5.74, 6) is -1.85. The molecule has 0 heterocycles. The van der Waals surface area contributed by atoms with Crippen LogP contribution in [0.25, 0.3) is 0 Å².